The molecule has 1 amide bonds. The van der Waals surface area contributed by atoms with Gasteiger partial charge in [0.15, 0.2) is 0 Å². The van der Waals surface area contributed by atoms with Crippen LogP contribution < -0.4 is 5.48 Å². The predicted molar refractivity (Wildman–Crippen MR) is 57.5 cm³/mol. The minimum atomic E-state index is -0.223. The molecule has 1 N–H and O–H groups in total. The van der Waals surface area contributed by atoms with E-state index in [4.69, 9.17) is 0 Å². The molecule has 0 aromatic heterocycles. The first-order valence-electron chi connectivity index (χ1n) is 4.64. The molecule has 3 nitrogen and oxygen atoms in total. The molecule has 0 heterocycles. The van der Waals surface area contributed by atoms with Crippen LogP contribution in [0.15, 0.2) is 42.5 Å². The summed E-state index contributed by atoms with van der Waals surface area (Å²) in [5.74, 6) is -0.223. The first kappa shape index (κ1) is 9.68. The molecule has 2 aliphatic rings. The van der Waals surface area contributed by atoms with E-state index in [-0.39, 0.29) is 5.91 Å². The van der Waals surface area contributed by atoms with Gasteiger partial charge in [0.25, 0.3) is 5.91 Å². The molecule has 2 rings (SSSR count). The summed E-state index contributed by atoms with van der Waals surface area (Å²) in [7, 11) is 1.42. The summed E-state index contributed by atoms with van der Waals surface area (Å²) >= 11 is 0. The van der Waals surface area contributed by atoms with Crippen molar-refractivity contribution in [3.63, 3.8) is 0 Å². The normalized spacial score (nSPS) is 10.2. The van der Waals surface area contributed by atoms with Crippen molar-refractivity contribution in [2.45, 2.75) is 0 Å². The zero-order valence-electron chi connectivity index (χ0n) is 8.36. The quantitative estimate of drug-likeness (QED) is 0.755. The Balaban J connectivity index is 2.44. The van der Waals surface area contributed by atoms with Crippen LogP contribution in [0, 0.1) is 0 Å². The third-order valence-electron chi connectivity index (χ3n) is 2.23. The molecule has 0 spiro atoms. The van der Waals surface area contributed by atoms with Gasteiger partial charge in [0.1, 0.15) is 0 Å². The van der Waals surface area contributed by atoms with Crippen molar-refractivity contribution in [1.29, 1.82) is 0 Å². The third-order valence-corrected chi connectivity index (χ3v) is 2.23. The van der Waals surface area contributed by atoms with E-state index < -0.39 is 0 Å². The highest BCUT2D eigenvalue weighted by molar-refractivity contribution is 6.01. The Bertz CT molecular complexity index is 453. The van der Waals surface area contributed by atoms with Crippen molar-refractivity contribution in [1.82, 2.24) is 5.48 Å². The summed E-state index contributed by atoms with van der Waals surface area (Å²) in [5, 5.41) is 0. The van der Waals surface area contributed by atoms with E-state index >= 15 is 0 Å². The molecule has 0 saturated carbocycles. The van der Waals surface area contributed by atoms with Gasteiger partial charge in [0.05, 0.1) is 7.11 Å². The first-order valence-corrected chi connectivity index (χ1v) is 4.64. The van der Waals surface area contributed by atoms with Crippen molar-refractivity contribution in [3.05, 3.63) is 48.0 Å². The average Bonchev–Trinajstić information content (AvgIpc) is 2.48. The number of nitrogens with one attached hydrogen (secondary N) is 1. The van der Waals surface area contributed by atoms with Crippen LogP contribution in [0.4, 0.5) is 0 Å². The monoisotopic (exact) mass is 201 g/mol. The molecule has 15 heavy (non-hydrogen) atoms. The van der Waals surface area contributed by atoms with Crippen molar-refractivity contribution >= 4 is 5.91 Å². The van der Waals surface area contributed by atoms with Gasteiger partial charge in [-0.25, -0.2) is 5.48 Å². The maximum atomic E-state index is 11.6. The Kier molecular flexibility index (Phi) is 2.65. The summed E-state index contributed by atoms with van der Waals surface area (Å²) in [6.45, 7) is 0. The van der Waals surface area contributed by atoms with E-state index in [1.165, 1.54) is 7.11 Å². The third kappa shape index (κ3) is 1.82. The van der Waals surface area contributed by atoms with Crippen LogP contribution >= 0.6 is 0 Å². The Hall–Kier alpha value is -1.87. The van der Waals surface area contributed by atoms with Gasteiger partial charge in [-0.05, 0) is 17.2 Å². The molecule has 0 aromatic carbocycles. The molecular weight excluding hydrogens is 190 g/mol. The molecule has 0 radical (unpaired) electrons. The number of amides is 1. The van der Waals surface area contributed by atoms with Crippen molar-refractivity contribution in [3.8, 4) is 11.1 Å². The Morgan fingerprint density at radius 3 is 2.73 bits per heavy atom. The number of carbonyl (C=O) groups excluding carboxylic acids is 1. The lowest BCUT2D eigenvalue weighted by atomic mass is 10.1. The summed E-state index contributed by atoms with van der Waals surface area (Å²) < 4.78 is 0. The van der Waals surface area contributed by atoms with E-state index in [9.17, 15) is 4.79 Å². The van der Waals surface area contributed by atoms with Crippen LogP contribution in [0.3, 0.4) is 0 Å². The smallest absolute Gasteiger partial charge is 0.275 e. The Labute approximate surface area is 88.0 Å². The maximum Gasteiger partial charge on any atom is 0.275 e. The minimum absolute atomic E-state index is 0.223. The van der Waals surface area contributed by atoms with E-state index in [0.717, 1.165) is 11.1 Å². The molecule has 0 aromatic rings. The van der Waals surface area contributed by atoms with Gasteiger partial charge in [-0.2, -0.15) is 0 Å². The van der Waals surface area contributed by atoms with E-state index in [0.29, 0.717) is 5.56 Å². The molecule has 2 aliphatic carbocycles. The number of fused-ring (bicyclic) bond motifs is 1. The summed E-state index contributed by atoms with van der Waals surface area (Å²) in [6, 6.07) is 13.4. The fourth-order valence-corrected chi connectivity index (χ4v) is 1.56. The summed E-state index contributed by atoms with van der Waals surface area (Å²) in [6.07, 6.45) is 0. The van der Waals surface area contributed by atoms with Crippen LogP contribution in [-0.2, 0) is 4.84 Å². The Morgan fingerprint density at radius 1 is 1.13 bits per heavy atom. The SMILES string of the molecule is CONC(=O)c1ccc2cccccc1-2. The highest BCUT2D eigenvalue weighted by Gasteiger charge is 2.13. The largest absolute Gasteiger partial charge is 0.277 e. The van der Waals surface area contributed by atoms with Gasteiger partial charge >= 0.3 is 0 Å². The van der Waals surface area contributed by atoms with E-state index in [1.54, 1.807) is 6.07 Å². The molecule has 0 aliphatic heterocycles. The lowest BCUT2D eigenvalue weighted by molar-refractivity contribution is 0.0538. The average molecular weight is 201 g/mol. The van der Waals surface area contributed by atoms with Crippen LogP contribution in [0.2, 0.25) is 0 Å². The second kappa shape index (κ2) is 4.11. The van der Waals surface area contributed by atoms with Gasteiger partial charge < -0.3 is 0 Å². The van der Waals surface area contributed by atoms with Gasteiger partial charge in [-0.15, -0.1) is 0 Å². The Morgan fingerprint density at radius 2 is 1.93 bits per heavy atom. The maximum absolute atomic E-state index is 11.6. The number of hydrogen-bond donors (Lipinski definition) is 1. The summed E-state index contributed by atoms with van der Waals surface area (Å²) in [4.78, 5) is 16.2. The first-order chi connectivity index (χ1) is 7.33. The minimum Gasteiger partial charge on any atom is -0.277 e. The number of hydroxylamine groups is 1. The molecule has 0 fully saturated rings. The molecule has 76 valence electrons. The zero-order chi connectivity index (χ0) is 10.7. The lowest BCUT2D eigenvalue weighted by Crippen LogP contribution is -2.21. The topological polar surface area (TPSA) is 38.3 Å². The number of carbonyl (C=O) groups is 1. The highest BCUT2D eigenvalue weighted by atomic mass is 16.6. The van der Waals surface area contributed by atoms with E-state index in [1.807, 2.05) is 36.4 Å². The summed E-state index contributed by atoms with van der Waals surface area (Å²) in [5.41, 5.74) is 4.91. The van der Waals surface area contributed by atoms with Crippen LogP contribution in [-0.4, -0.2) is 13.0 Å². The van der Waals surface area contributed by atoms with Gasteiger partial charge in [-0.1, -0.05) is 36.4 Å². The molecule has 0 unspecified atom stereocenters. The van der Waals surface area contributed by atoms with Crippen LogP contribution in [0.5, 0.6) is 0 Å². The van der Waals surface area contributed by atoms with Crippen LogP contribution in [0.25, 0.3) is 11.1 Å². The fourth-order valence-electron chi connectivity index (χ4n) is 1.56. The lowest BCUT2D eigenvalue weighted by Gasteiger charge is -2.01. The van der Waals surface area contributed by atoms with Gasteiger partial charge in [0.2, 0.25) is 0 Å². The van der Waals surface area contributed by atoms with Gasteiger partial charge in [-0.3, -0.25) is 9.63 Å². The standard InChI is InChI=1S/C12H11NO2/c1-15-13-12(14)11-8-7-9-5-3-2-4-6-10(9)11/h2-8H,1H3,(H,13,14). The molecule has 0 atom stereocenters. The molecule has 3 heteroatoms. The van der Waals surface area contributed by atoms with Crippen molar-refractivity contribution in [2.75, 3.05) is 7.11 Å². The van der Waals surface area contributed by atoms with E-state index in [2.05, 4.69) is 10.3 Å². The molecule has 0 saturated heterocycles. The molecular formula is C12H11NO2. The predicted octanol–water partition coefficient (Wildman–Crippen LogP) is 2.08. The second-order valence-corrected chi connectivity index (χ2v) is 3.16. The van der Waals surface area contributed by atoms with Crippen molar-refractivity contribution < 1.29 is 9.63 Å². The van der Waals surface area contributed by atoms with Crippen LogP contribution in [0.1, 0.15) is 10.4 Å². The number of rotatable bonds is 2. The van der Waals surface area contributed by atoms with Crippen molar-refractivity contribution in [2.24, 2.45) is 0 Å². The second-order valence-electron chi connectivity index (χ2n) is 3.16. The fraction of sp³-hybridized carbons (Fsp3) is 0.0833. The highest BCUT2D eigenvalue weighted by Crippen LogP contribution is 2.26. The van der Waals surface area contributed by atoms with Gasteiger partial charge in [0, 0.05) is 5.56 Å². The zero-order valence-corrected chi connectivity index (χ0v) is 8.36. The molecule has 0 bridgehead atoms. The number of hydrogen-bond acceptors (Lipinski definition) is 2.